The highest BCUT2D eigenvalue weighted by Crippen LogP contribution is 2.44. The number of hydrogen-bond acceptors (Lipinski definition) is 5. The van der Waals surface area contributed by atoms with Crippen LogP contribution in [0, 0.1) is 0 Å². The predicted octanol–water partition coefficient (Wildman–Crippen LogP) is 7.06. The summed E-state index contributed by atoms with van der Waals surface area (Å²) in [4.78, 5) is 18.5. The molecule has 0 bridgehead atoms. The van der Waals surface area contributed by atoms with E-state index in [2.05, 4.69) is 15.6 Å². The molecular weight excluding hydrogens is 567 g/mol. The van der Waals surface area contributed by atoms with Crippen molar-refractivity contribution in [3.63, 3.8) is 0 Å². The van der Waals surface area contributed by atoms with Crippen molar-refractivity contribution in [2.75, 3.05) is 23.9 Å². The molecule has 2 atom stereocenters. The quantitative estimate of drug-likeness (QED) is 0.224. The van der Waals surface area contributed by atoms with Crippen LogP contribution in [0.15, 0.2) is 77.3 Å². The molecular formula is C27H21Cl3N4O3S. The lowest BCUT2D eigenvalue weighted by Crippen LogP contribution is -2.29. The van der Waals surface area contributed by atoms with Gasteiger partial charge in [-0.05, 0) is 72.9 Å². The van der Waals surface area contributed by atoms with Gasteiger partial charge >= 0.3 is 0 Å². The first-order chi connectivity index (χ1) is 18.4. The van der Waals surface area contributed by atoms with Gasteiger partial charge in [-0.25, -0.2) is 0 Å². The summed E-state index contributed by atoms with van der Waals surface area (Å²) >= 11 is 24.7. The van der Waals surface area contributed by atoms with Gasteiger partial charge in [0.2, 0.25) is 5.91 Å². The minimum atomic E-state index is -0.390. The van der Waals surface area contributed by atoms with E-state index in [0.717, 1.165) is 11.3 Å². The molecule has 0 aliphatic carbocycles. The molecule has 4 aromatic rings. The summed E-state index contributed by atoms with van der Waals surface area (Å²) in [5.41, 5.74) is 2.77. The Bertz CT molecular complexity index is 1500. The summed E-state index contributed by atoms with van der Waals surface area (Å²) in [6, 6.07) is 19.4. The maximum absolute atomic E-state index is 12.0. The Hall–Kier alpha value is -3.14. The number of aromatic nitrogens is 1. The van der Waals surface area contributed by atoms with Gasteiger partial charge in [0, 0.05) is 24.6 Å². The summed E-state index contributed by atoms with van der Waals surface area (Å²) in [5, 5.41) is 7.85. The third-order valence-corrected chi connectivity index (χ3v) is 7.37. The number of nitrogens with one attached hydrogen (secondary N) is 2. The fourth-order valence-electron chi connectivity index (χ4n) is 4.31. The topological polar surface area (TPSA) is 79.6 Å². The molecule has 194 valence electrons. The van der Waals surface area contributed by atoms with Crippen LogP contribution in [-0.2, 0) is 9.53 Å². The molecule has 0 saturated carbocycles. The highest BCUT2D eigenvalue weighted by Gasteiger charge is 2.42. The molecule has 0 unspecified atom stereocenters. The van der Waals surface area contributed by atoms with Crippen LogP contribution >= 0.6 is 47.0 Å². The number of anilines is 2. The Morgan fingerprint density at radius 3 is 2.63 bits per heavy atom. The third-order valence-electron chi connectivity index (χ3n) is 6.00. The molecule has 0 spiro atoms. The first kappa shape index (κ1) is 26.5. The van der Waals surface area contributed by atoms with E-state index in [0.29, 0.717) is 43.1 Å². The van der Waals surface area contributed by atoms with Crippen LogP contribution in [0.25, 0.3) is 11.3 Å². The van der Waals surface area contributed by atoms with Gasteiger partial charge < -0.3 is 24.7 Å². The molecule has 2 N–H and O–H groups in total. The lowest BCUT2D eigenvalue weighted by atomic mass is 10.0. The summed E-state index contributed by atoms with van der Waals surface area (Å²) in [6.07, 6.45) is 1.73. The van der Waals surface area contributed by atoms with Crippen molar-refractivity contribution in [1.82, 2.24) is 10.3 Å². The largest absolute Gasteiger partial charge is 0.459 e. The zero-order valence-corrected chi connectivity index (χ0v) is 23.0. The first-order valence-electron chi connectivity index (χ1n) is 11.5. The van der Waals surface area contributed by atoms with Crippen molar-refractivity contribution in [3.8, 4) is 11.3 Å². The number of furan rings is 1. The number of hydrogen-bond donors (Lipinski definition) is 2. The Labute approximate surface area is 239 Å². The van der Waals surface area contributed by atoms with Crippen molar-refractivity contribution in [2.24, 2.45) is 0 Å². The average molecular weight is 588 g/mol. The maximum Gasteiger partial charge on any atom is 0.250 e. The van der Waals surface area contributed by atoms with E-state index in [1.165, 1.54) is 7.11 Å². The minimum Gasteiger partial charge on any atom is -0.459 e. The Balaban J connectivity index is 1.54. The fraction of sp³-hybridized carbons (Fsp3) is 0.148. The molecule has 11 heteroatoms. The van der Waals surface area contributed by atoms with E-state index in [4.69, 9.17) is 56.2 Å². The van der Waals surface area contributed by atoms with Gasteiger partial charge in [0.15, 0.2) is 5.11 Å². The van der Waals surface area contributed by atoms with Crippen molar-refractivity contribution >= 4 is 69.4 Å². The SMILES string of the molecule is COCC(=O)Nc1ccc(N2C(=S)N[C@H](c3ccccn3)[C@H]2c2ccc(-c3ccc(Cl)c(Cl)c3)o2)cc1Cl. The van der Waals surface area contributed by atoms with E-state index in [-0.39, 0.29) is 24.6 Å². The van der Waals surface area contributed by atoms with Crippen LogP contribution in [0.4, 0.5) is 11.4 Å². The van der Waals surface area contributed by atoms with Crippen molar-refractivity contribution < 1.29 is 13.9 Å². The second-order valence-corrected chi connectivity index (χ2v) is 10.1. The number of amides is 1. The highest BCUT2D eigenvalue weighted by atomic mass is 35.5. The number of thiocarbonyl (C=S) groups is 1. The molecule has 5 rings (SSSR count). The first-order valence-corrected chi connectivity index (χ1v) is 13.0. The number of methoxy groups -OCH3 is 1. The smallest absolute Gasteiger partial charge is 0.250 e. The van der Waals surface area contributed by atoms with Crippen molar-refractivity contribution in [2.45, 2.75) is 12.1 Å². The second-order valence-electron chi connectivity index (χ2n) is 8.47. The molecule has 3 heterocycles. The standard InChI is InChI=1S/C27H21Cl3N4O3S/c1-36-14-24(35)32-20-8-6-16(13-19(20)30)34-26(25(33-27(34)38)21-4-2-3-11-31-21)23-10-9-22(37-23)15-5-7-17(28)18(29)12-15/h2-13,25-26H,14H2,1H3,(H,32,35)(H,33,38)/t25-,26-/m1/s1. The minimum absolute atomic E-state index is 0.0777. The Kier molecular flexibility index (Phi) is 7.88. The molecule has 1 fully saturated rings. The van der Waals surface area contributed by atoms with Crippen LogP contribution < -0.4 is 15.5 Å². The zero-order chi connectivity index (χ0) is 26.8. The normalized spacial score (nSPS) is 16.9. The summed E-state index contributed by atoms with van der Waals surface area (Å²) in [7, 11) is 1.45. The van der Waals surface area contributed by atoms with Gasteiger partial charge in [-0.2, -0.15) is 0 Å². The molecule has 1 saturated heterocycles. The van der Waals surface area contributed by atoms with Gasteiger partial charge in [0.05, 0.1) is 32.5 Å². The van der Waals surface area contributed by atoms with Crippen LogP contribution in [0.1, 0.15) is 23.5 Å². The van der Waals surface area contributed by atoms with Gasteiger partial charge in [0.1, 0.15) is 24.2 Å². The van der Waals surface area contributed by atoms with E-state index < -0.39 is 0 Å². The molecule has 0 radical (unpaired) electrons. The molecule has 7 nitrogen and oxygen atoms in total. The van der Waals surface area contributed by atoms with E-state index in [1.54, 1.807) is 30.5 Å². The van der Waals surface area contributed by atoms with E-state index in [1.807, 2.05) is 47.4 Å². The van der Waals surface area contributed by atoms with Crippen LogP contribution in [-0.4, -0.2) is 29.7 Å². The third kappa shape index (κ3) is 5.36. The molecule has 2 aromatic heterocycles. The monoisotopic (exact) mass is 586 g/mol. The second kappa shape index (κ2) is 11.3. The fourth-order valence-corrected chi connectivity index (χ4v) is 5.18. The lowest BCUT2D eigenvalue weighted by Gasteiger charge is -2.26. The molecule has 1 amide bonds. The van der Waals surface area contributed by atoms with Crippen molar-refractivity contribution in [1.29, 1.82) is 0 Å². The summed E-state index contributed by atoms with van der Waals surface area (Å²) < 4.78 is 11.2. The zero-order valence-electron chi connectivity index (χ0n) is 20.0. The summed E-state index contributed by atoms with van der Waals surface area (Å²) in [5.74, 6) is 0.979. The van der Waals surface area contributed by atoms with Crippen LogP contribution in [0.5, 0.6) is 0 Å². The lowest BCUT2D eigenvalue weighted by molar-refractivity contribution is -0.119. The number of halogens is 3. The average Bonchev–Trinajstić information content (AvgIpc) is 3.52. The van der Waals surface area contributed by atoms with Gasteiger partial charge in [-0.1, -0.05) is 40.9 Å². The Morgan fingerprint density at radius 2 is 1.92 bits per heavy atom. The van der Waals surface area contributed by atoms with Crippen LogP contribution in [0.3, 0.4) is 0 Å². The summed E-state index contributed by atoms with van der Waals surface area (Å²) in [6.45, 7) is -0.0777. The number of nitrogens with zero attached hydrogens (tertiary/aromatic N) is 2. The molecule has 1 aliphatic heterocycles. The number of rotatable bonds is 7. The van der Waals surface area contributed by atoms with Gasteiger partial charge in [-0.15, -0.1) is 0 Å². The van der Waals surface area contributed by atoms with Gasteiger partial charge in [0.25, 0.3) is 0 Å². The number of benzene rings is 2. The molecule has 2 aromatic carbocycles. The highest BCUT2D eigenvalue weighted by molar-refractivity contribution is 7.80. The van der Waals surface area contributed by atoms with Crippen molar-refractivity contribution in [3.05, 3.63) is 99.4 Å². The van der Waals surface area contributed by atoms with Gasteiger partial charge in [-0.3, -0.25) is 9.78 Å². The predicted molar refractivity (Wildman–Crippen MR) is 154 cm³/mol. The number of carbonyl (C=O) groups is 1. The van der Waals surface area contributed by atoms with E-state index >= 15 is 0 Å². The molecule has 38 heavy (non-hydrogen) atoms. The van der Waals surface area contributed by atoms with E-state index in [9.17, 15) is 4.79 Å². The maximum atomic E-state index is 12.0. The van der Waals surface area contributed by atoms with Crippen LogP contribution in [0.2, 0.25) is 15.1 Å². The molecule has 1 aliphatic rings. The number of ether oxygens (including phenoxy) is 1. The number of carbonyl (C=O) groups excluding carboxylic acids is 1. The number of pyridine rings is 1. The Morgan fingerprint density at radius 1 is 1.08 bits per heavy atom.